The molecule has 1 fully saturated rings. The molecule has 142 valence electrons. The van der Waals surface area contributed by atoms with Gasteiger partial charge < -0.3 is 20.3 Å². The fourth-order valence-corrected chi connectivity index (χ4v) is 3.27. The average molecular weight is 367 g/mol. The summed E-state index contributed by atoms with van der Waals surface area (Å²) in [5.74, 6) is 0.554. The Bertz CT molecular complexity index is 795. The second-order valence-electron chi connectivity index (χ2n) is 6.88. The van der Waals surface area contributed by atoms with E-state index in [4.69, 9.17) is 10.5 Å². The van der Waals surface area contributed by atoms with Gasteiger partial charge in [0.2, 0.25) is 5.91 Å². The predicted molar refractivity (Wildman–Crippen MR) is 103 cm³/mol. The first-order valence-corrected chi connectivity index (χ1v) is 9.00. The zero-order valence-corrected chi connectivity index (χ0v) is 15.7. The number of benzene rings is 2. The molecule has 1 saturated heterocycles. The van der Waals surface area contributed by atoms with E-state index < -0.39 is 5.54 Å². The van der Waals surface area contributed by atoms with E-state index in [2.05, 4.69) is 0 Å². The Labute approximate surface area is 159 Å². The van der Waals surface area contributed by atoms with Crippen LogP contribution in [0.3, 0.4) is 0 Å². The van der Waals surface area contributed by atoms with Crippen molar-refractivity contribution in [1.29, 1.82) is 0 Å². The van der Waals surface area contributed by atoms with E-state index in [0.717, 1.165) is 5.56 Å². The molecule has 6 heteroatoms. The number of nitrogens with zero attached hydrogens (tertiary/aromatic N) is 2. The molecule has 0 aliphatic carbocycles. The third kappa shape index (κ3) is 3.95. The molecule has 1 atom stereocenters. The number of rotatable bonds is 4. The van der Waals surface area contributed by atoms with E-state index in [9.17, 15) is 9.59 Å². The van der Waals surface area contributed by atoms with Crippen molar-refractivity contribution in [2.24, 2.45) is 5.73 Å². The molecule has 1 unspecified atom stereocenters. The van der Waals surface area contributed by atoms with Gasteiger partial charge in [0.25, 0.3) is 5.91 Å². The van der Waals surface area contributed by atoms with Crippen LogP contribution in [0.5, 0.6) is 5.75 Å². The van der Waals surface area contributed by atoms with Crippen LogP contribution in [0, 0.1) is 0 Å². The van der Waals surface area contributed by atoms with Crippen molar-refractivity contribution >= 4 is 11.8 Å². The van der Waals surface area contributed by atoms with Crippen LogP contribution in [-0.4, -0.2) is 54.9 Å². The van der Waals surface area contributed by atoms with E-state index >= 15 is 0 Å². The summed E-state index contributed by atoms with van der Waals surface area (Å²) < 4.78 is 5.12. The van der Waals surface area contributed by atoms with E-state index in [-0.39, 0.29) is 11.8 Å². The van der Waals surface area contributed by atoms with Gasteiger partial charge in [-0.25, -0.2) is 0 Å². The fraction of sp³-hybridized carbons (Fsp3) is 0.333. The van der Waals surface area contributed by atoms with Crippen molar-refractivity contribution in [2.45, 2.75) is 12.5 Å². The van der Waals surface area contributed by atoms with Crippen LogP contribution < -0.4 is 10.5 Å². The number of carbonyl (C=O) groups excluding carboxylic acids is 2. The molecule has 0 bridgehead atoms. The Hall–Kier alpha value is -2.86. The lowest BCUT2D eigenvalue weighted by Gasteiger charge is -2.38. The molecule has 27 heavy (non-hydrogen) atoms. The van der Waals surface area contributed by atoms with Crippen molar-refractivity contribution in [1.82, 2.24) is 9.80 Å². The first-order valence-electron chi connectivity index (χ1n) is 9.00. The molecule has 0 spiro atoms. The van der Waals surface area contributed by atoms with Gasteiger partial charge in [0.1, 0.15) is 11.3 Å². The smallest absolute Gasteiger partial charge is 0.253 e. The molecule has 0 aromatic heterocycles. The Morgan fingerprint density at radius 2 is 1.48 bits per heavy atom. The summed E-state index contributed by atoms with van der Waals surface area (Å²) in [6.07, 6.45) is 0. The molecule has 1 aliphatic rings. The number of piperazine rings is 1. The summed E-state index contributed by atoms with van der Waals surface area (Å²) in [4.78, 5) is 29.1. The van der Waals surface area contributed by atoms with Crippen LogP contribution in [0.15, 0.2) is 54.6 Å². The van der Waals surface area contributed by atoms with Crippen molar-refractivity contribution < 1.29 is 14.3 Å². The number of amides is 2. The molecule has 1 aliphatic heterocycles. The summed E-state index contributed by atoms with van der Waals surface area (Å²) in [5.41, 5.74) is 6.66. The third-order valence-corrected chi connectivity index (χ3v) is 5.01. The highest BCUT2D eigenvalue weighted by Gasteiger charge is 2.36. The summed E-state index contributed by atoms with van der Waals surface area (Å²) >= 11 is 0. The van der Waals surface area contributed by atoms with Crippen molar-refractivity contribution in [3.8, 4) is 5.75 Å². The van der Waals surface area contributed by atoms with Gasteiger partial charge in [-0.1, -0.05) is 30.3 Å². The SMILES string of the molecule is COc1ccc(C(=O)N2CCN(C(=O)C(C)(N)c3ccccc3)CC2)cc1. The zero-order chi connectivity index (χ0) is 19.4. The summed E-state index contributed by atoms with van der Waals surface area (Å²) in [5, 5.41) is 0. The maximum atomic E-state index is 12.9. The van der Waals surface area contributed by atoms with Crippen LogP contribution in [0.2, 0.25) is 0 Å². The first-order chi connectivity index (χ1) is 12.9. The normalized spacial score (nSPS) is 16.6. The maximum absolute atomic E-state index is 12.9. The minimum atomic E-state index is -1.08. The van der Waals surface area contributed by atoms with Gasteiger partial charge in [0.05, 0.1) is 7.11 Å². The molecule has 2 aromatic rings. The van der Waals surface area contributed by atoms with Crippen molar-refractivity contribution in [2.75, 3.05) is 33.3 Å². The number of carbonyl (C=O) groups is 2. The quantitative estimate of drug-likeness (QED) is 0.895. The third-order valence-electron chi connectivity index (χ3n) is 5.01. The average Bonchev–Trinajstić information content (AvgIpc) is 2.73. The molecule has 6 nitrogen and oxygen atoms in total. The second kappa shape index (κ2) is 7.80. The molecular formula is C21H25N3O3. The highest BCUT2D eigenvalue weighted by atomic mass is 16.5. The Morgan fingerprint density at radius 3 is 2.04 bits per heavy atom. The fourth-order valence-electron chi connectivity index (χ4n) is 3.27. The van der Waals surface area contributed by atoms with Gasteiger partial charge in [-0.15, -0.1) is 0 Å². The van der Waals surface area contributed by atoms with Crippen LogP contribution >= 0.6 is 0 Å². The molecule has 0 radical (unpaired) electrons. The standard InChI is InChI=1S/C21H25N3O3/c1-21(22,17-6-4-3-5-7-17)20(26)24-14-12-23(13-15-24)19(25)16-8-10-18(27-2)11-9-16/h3-11H,12-15,22H2,1-2H3. The van der Waals surface area contributed by atoms with Gasteiger partial charge in [0, 0.05) is 31.7 Å². The van der Waals surface area contributed by atoms with E-state index in [1.165, 1.54) is 0 Å². The lowest BCUT2D eigenvalue weighted by atomic mass is 9.91. The van der Waals surface area contributed by atoms with Crippen LogP contribution in [0.1, 0.15) is 22.8 Å². The van der Waals surface area contributed by atoms with Gasteiger partial charge >= 0.3 is 0 Å². The number of hydrogen-bond donors (Lipinski definition) is 1. The molecule has 1 heterocycles. The number of hydrogen-bond acceptors (Lipinski definition) is 4. The zero-order valence-electron chi connectivity index (χ0n) is 15.7. The second-order valence-corrected chi connectivity index (χ2v) is 6.88. The van der Waals surface area contributed by atoms with Gasteiger partial charge in [-0.3, -0.25) is 9.59 Å². The number of ether oxygens (including phenoxy) is 1. The highest BCUT2D eigenvalue weighted by Crippen LogP contribution is 2.22. The predicted octanol–water partition coefficient (Wildman–Crippen LogP) is 1.85. The minimum Gasteiger partial charge on any atom is -0.497 e. The molecule has 2 amide bonds. The lowest BCUT2D eigenvalue weighted by molar-refractivity contribution is -0.138. The maximum Gasteiger partial charge on any atom is 0.253 e. The van der Waals surface area contributed by atoms with Crippen LogP contribution in [0.4, 0.5) is 0 Å². The van der Waals surface area contributed by atoms with Gasteiger partial charge in [-0.05, 0) is 36.8 Å². The molecule has 2 aromatic carbocycles. The number of nitrogens with two attached hydrogens (primary N) is 1. The lowest BCUT2D eigenvalue weighted by Crippen LogP contribution is -2.57. The minimum absolute atomic E-state index is 0.0386. The van der Waals surface area contributed by atoms with E-state index in [0.29, 0.717) is 37.5 Å². The first kappa shape index (κ1) is 18.9. The summed E-state index contributed by atoms with van der Waals surface area (Å²) in [6, 6.07) is 16.4. The van der Waals surface area contributed by atoms with Crippen LogP contribution in [0.25, 0.3) is 0 Å². The van der Waals surface area contributed by atoms with E-state index in [1.807, 2.05) is 30.3 Å². The van der Waals surface area contributed by atoms with Crippen LogP contribution in [-0.2, 0) is 10.3 Å². The molecule has 0 saturated carbocycles. The molecule has 2 N–H and O–H groups in total. The van der Waals surface area contributed by atoms with E-state index in [1.54, 1.807) is 48.1 Å². The summed E-state index contributed by atoms with van der Waals surface area (Å²) in [6.45, 7) is 3.66. The topological polar surface area (TPSA) is 75.9 Å². The Balaban J connectivity index is 1.62. The monoisotopic (exact) mass is 367 g/mol. The Morgan fingerprint density at radius 1 is 0.926 bits per heavy atom. The van der Waals surface area contributed by atoms with Crippen molar-refractivity contribution in [3.63, 3.8) is 0 Å². The van der Waals surface area contributed by atoms with Crippen molar-refractivity contribution in [3.05, 3.63) is 65.7 Å². The molecular weight excluding hydrogens is 342 g/mol. The van der Waals surface area contributed by atoms with Gasteiger partial charge in [-0.2, -0.15) is 0 Å². The van der Waals surface area contributed by atoms with Gasteiger partial charge in [0.15, 0.2) is 0 Å². The Kier molecular flexibility index (Phi) is 5.46. The highest BCUT2D eigenvalue weighted by molar-refractivity contribution is 5.94. The molecule has 3 rings (SSSR count). The largest absolute Gasteiger partial charge is 0.497 e. The number of methoxy groups -OCH3 is 1. The summed E-state index contributed by atoms with van der Waals surface area (Å²) in [7, 11) is 1.59.